The van der Waals surface area contributed by atoms with E-state index in [0.717, 1.165) is 0 Å². The zero-order chi connectivity index (χ0) is 10.6. The number of phenols is 1. The van der Waals surface area contributed by atoms with Crippen LogP contribution < -0.4 is 9.47 Å². The Balaban J connectivity index is 2.71. The molecule has 0 aromatic heterocycles. The van der Waals surface area contributed by atoms with Crippen molar-refractivity contribution in [3.8, 4) is 17.2 Å². The first-order chi connectivity index (χ1) is 6.63. The Kier molecular flexibility index (Phi) is 3.17. The van der Waals surface area contributed by atoms with Crippen LogP contribution in [0, 0.1) is 0 Å². The van der Waals surface area contributed by atoms with E-state index in [1.807, 2.05) is 0 Å². The van der Waals surface area contributed by atoms with Gasteiger partial charge in [-0.1, -0.05) is 0 Å². The van der Waals surface area contributed by atoms with Gasteiger partial charge >= 0.3 is 5.97 Å². The highest BCUT2D eigenvalue weighted by molar-refractivity contribution is 5.68. The van der Waals surface area contributed by atoms with Crippen LogP contribution in [-0.2, 0) is 4.79 Å². The van der Waals surface area contributed by atoms with Crippen LogP contribution in [0.25, 0.3) is 0 Å². The second kappa shape index (κ2) is 4.36. The van der Waals surface area contributed by atoms with Gasteiger partial charge in [0, 0.05) is 6.07 Å². The number of benzene rings is 1. The Bertz CT molecular complexity index is 334. The molecule has 14 heavy (non-hydrogen) atoms. The number of ether oxygens (including phenoxy) is 2. The Morgan fingerprint density at radius 1 is 1.50 bits per heavy atom. The number of hydrogen-bond donors (Lipinski definition) is 2. The van der Waals surface area contributed by atoms with E-state index in [-0.39, 0.29) is 11.5 Å². The van der Waals surface area contributed by atoms with E-state index in [2.05, 4.69) is 0 Å². The highest BCUT2D eigenvalue weighted by Gasteiger charge is 2.04. The van der Waals surface area contributed by atoms with Crippen molar-refractivity contribution in [1.82, 2.24) is 0 Å². The molecule has 0 amide bonds. The van der Waals surface area contributed by atoms with Crippen molar-refractivity contribution in [2.45, 2.75) is 0 Å². The molecule has 0 fully saturated rings. The maximum atomic E-state index is 10.2. The van der Waals surface area contributed by atoms with Gasteiger partial charge in [-0.2, -0.15) is 0 Å². The van der Waals surface area contributed by atoms with E-state index in [0.29, 0.717) is 5.75 Å². The third-order valence-electron chi connectivity index (χ3n) is 1.51. The molecule has 0 atom stereocenters. The van der Waals surface area contributed by atoms with Crippen LogP contribution in [0.1, 0.15) is 0 Å². The Hall–Kier alpha value is -1.91. The van der Waals surface area contributed by atoms with Crippen molar-refractivity contribution in [3.63, 3.8) is 0 Å². The van der Waals surface area contributed by atoms with E-state index < -0.39 is 12.6 Å². The number of carbonyl (C=O) groups is 1. The number of hydrogen-bond acceptors (Lipinski definition) is 4. The van der Waals surface area contributed by atoms with Crippen molar-refractivity contribution in [2.75, 3.05) is 13.7 Å². The summed E-state index contributed by atoms with van der Waals surface area (Å²) in [7, 11) is 1.42. The first-order valence-corrected chi connectivity index (χ1v) is 3.85. The number of carboxylic acid groups (broad SMARTS) is 1. The van der Waals surface area contributed by atoms with Gasteiger partial charge in [0.05, 0.1) is 7.11 Å². The fraction of sp³-hybridized carbons (Fsp3) is 0.222. The molecule has 0 saturated carbocycles. The van der Waals surface area contributed by atoms with Crippen LogP contribution in [0.4, 0.5) is 0 Å². The minimum Gasteiger partial charge on any atom is -0.504 e. The van der Waals surface area contributed by atoms with Crippen LogP contribution in [0.3, 0.4) is 0 Å². The first-order valence-electron chi connectivity index (χ1n) is 3.85. The summed E-state index contributed by atoms with van der Waals surface area (Å²) in [4.78, 5) is 10.2. The maximum absolute atomic E-state index is 10.2. The molecule has 2 N–H and O–H groups in total. The number of phenolic OH excluding ortho intramolecular Hbond substituents is 1. The highest BCUT2D eigenvalue weighted by Crippen LogP contribution is 2.29. The molecule has 1 aromatic carbocycles. The molecular formula is C9H10O5. The Labute approximate surface area is 80.5 Å². The van der Waals surface area contributed by atoms with Gasteiger partial charge in [0.25, 0.3) is 0 Å². The van der Waals surface area contributed by atoms with Gasteiger partial charge in [-0.25, -0.2) is 4.79 Å². The summed E-state index contributed by atoms with van der Waals surface area (Å²) < 4.78 is 9.64. The number of aromatic hydroxyl groups is 1. The van der Waals surface area contributed by atoms with Crippen molar-refractivity contribution in [2.24, 2.45) is 0 Å². The number of rotatable bonds is 4. The molecule has 0 saturated heterocycles. The third kappa shape index (κ3) is 2.55. The molecule has 0 aliphatic carbocycles. The summed E-state index contributed by atoms with van der Waals surface area (Å²) in [5, 5.41) is 17.6. The fourth-order valence-electron chi connectivity index (χ4n) is 0.905. The summed E-state index contributed by atoms with van der Waals surface area (Å²) in [6.45, 7) is -0.439. The minimum absolute atomic E-state index is 0.0876. The predicted octanol–water partition coefficient (Wildman–Crippen LogP) is 0.864. The summed E-state index contributed by atoms with van der Waals surface area (Å²) in [6.07, 6.45) is 0. The quantitative estimate of drug-likeness (QED) is 0.750. The van der Waals surface area contributed by atoms with Crippen molar-refractivity contribution >= 4 is 5.97 Å². The van der Waals surface area contributed by atoms with Gasteiger partial charge in [-0.05, 0) is 12.1 Å². The summed E-state index contributed by atoms with van der Waals surface area (Å²) in [5.41, 5.74) is 0. The summed E-state index contributed by atoms with van der Waals surface area (Å²) in [5.74, 6) is -0.561. The molecule has 1 aromatic rings. The largest absolute Gasteiger partial charge is 0.504 e. The lowest BCUT2D eigenvalue weighted by atomic mass is 10.3. The molecular weight excluding hydrogens is 188 g/mol. The van der Waals surface area contributed by atoms with Gasteiger partial charge in [0.15, 0.2) is 18.1 Å². The Morgan fingerprint density at radius 3 is 2.71 bits per heavy atom. The second-order valence-electron chi connectivity index (χ2n) is 2.52. The minimum atomic E-state index is -1.07. The molecule has 0 radical (unpaired) electrons. The monoisotopic (exact) mass is 198 g/mol. The smallest absolute Gasteiger partial charge is 0.341 e. The highest BCUT2D eigenvalue weighted by atomic mass is 16.5. The van der Waals surface area contributed by atoms with Crippen LogP contribution in [0.2, 0.25) is 0 Å². The standard InChI is InChI=1S/C9H10O5/c1-13-8-3-2-6(4-7(8)10)14-5-9(11)12/h2-4,10H,5H2,1H3,(H,11,12). The van der Waals surface area contributed by atoms with E-state index in [1.165, 1.54) is 25.3 Å². The SMILES string of the molecule is COc1ccc(OCC(=O)O)cc1O. The normalized spacial score (nSPS) is 9.50. The van der Waals surface area contributed by atoms with Crippen molar-refractivity contribution < 1.29 is 24.5 Å². The number of aliphatic carboxylic acids is 1. The molecule has 0 unspecified atom stereocenters. The maximum Gasteiger partial charge on any atom is 0.341 e. The molecule has 0 spiro atoms. The average Bonchev–Trinajstić information content (AvgIpc) is 2.15. The lowest BCUT2D eigenvalue weighted by molar-refractivity contribution is -0.139. The number of carboxylic acids is 1. The van der Waals surface area contributed by atoms with Crippen molar-refractivity contribution in [1.29, 1.82) is 0 Å². The van der Waals surface area contributed by atoms with Gasteiger partial charge in [0.2, 0.25) is 0 Å². The molecule has 1 rings (SSSR count). The zero-order valence-electron chi connectivity index (χ0n) is 7.56. The zero-order valence-corrected chi connectivity index (χ0v) is 7.56. The molecule has 0 bridgehead atoms. The molecule has 0 aliphatic heterocycles. The van der Waals surface area contributed by atoms with Crippen molar-refractivity contribution in [3.05, 3.63) is 18.2 Å². The van der Waals surface area contributed by atoms with E-state index in [4.69, 9.17) is 14.6 Å². The predicted molar refractivity (Wildman–Crippen MR) is 47.8 cm³/mol. The summed E-state index contributed by atoms with van der Waals surface area (Å²) in [6, 6.07) is 4.30. The number of methoxy groups -OCH3 is 1. The van der Waals surface area contributed by atoms with E-state index in [9.17, 15) is 9.90 Å². The van der Waals surface area contributed by atoms with Gasteiger partial charge in [0.1, 0.15) is 5.75 Å². The summed E-state index contributed by atoms with van der Waals surface area (Å²) >= 11 is 0. The molecule has 0 heterocycles. The lowest BCUT2D eigenvalue weighted by Gasteiger charge is -2.06. The van der Waals surface area contributed by atoms with Gasteiger partial charge in [-0.15, -0.1) is 0 Å². The second-order valence-corrected chi connectivity index (χ2v) is 2.52. The van der Waals surface area contributed by atoms with Crippen LogP contribution in [0.5, 0.6) is 17.2 Å². The van der Waals surface area contributed by atoms with Gasteiger partial charge in [-0.3, -0.25) is 0 Å². The molecule has 5 heteroatoms. The van der Waals surface area contributed by atoms with Crippen LogP contribution in [0.15, 0.2) is 18.2 Å². The molecule has 5 nitrogen and oxygen atoms in total. The van der Waals surface area contributed by atoms with Gasteiger partial charge < -0.3 is 19.7 Å². The molecule has 76 valence electrons. The topological polar surface area (TPSA) is 76.0 Å². The first kappa shape index (κ1) is 10.2. The third-order valence-corrected chi connectivity index (χ3v) is 1.51. The van der Waals surface area contributed by atoms with E-state index >= 15 is 0 Å². The fourth-order valence-corrected chi connectivity index (χ4v) is 0.905. The van der Waals surface area contributed by atoms with Crippen LogP contribution in [-0.4, -0.2) is 29.9 Å². The molecule has 0 aliphatic rings. The average molecular weight is 198 g/mol. The van der Waals surface area contributed by atoms with Crippen LogP contribution >= 0.6 is 0 Å². The lowest BCUT2D eigenvalue weighted by Crippen LogP contribution is -2.09. The Morgan fingerprint density at radius 2 is 2.21 bits per heavy atom. The van der Waals surface area contributed by atoms with E-state index in [1.54, 1.807) is 0 Å².